The van der Waals surface area contributed by atoms with Crippen LogP contribution >= 0.6 is 0 Å². The number of fused-ring (bicyclic) bond motifs is 6. The summed E-state index contributed by atoms with van der Waals surface area (Å²) in [5.74, 6) is 0. The standard InChI is InChI=1S/C30H20N2/c1-5-16-27-23(12-1)24-13-2-6-17-28(24)31(27)21-10-9-11-22(20-21)32-29-18-7-3-14-25(29)26-15-4-8-19-30(26)32/h1-20H/i1D,2D,3D,4D,5D,6D,7D,8D,12D,13D,14D,15D,16D. The van der Waals surface area contributed by atoms with Crippen molar-refractivity contribution in [1.82, 2.24) is 9.13 Å². The van der Waals surface area contributed by atoms with E-state index >= 15 is 0 Å². The first kappa shape index (κ1) is 9.05. The molecule has 0 unspecified atom stereocenters. The molecule has 0 saturated heterocycles. The van der Waals surface area contributed by atoms with Crippen LogP contribution in [0.4, 0.5) is 0 Å². The molecule has 32 heavy (non-hydrogen) atoms. The van der Waals surface area contributed by atoms with Crippen molar-refractivity contribution in [3.8, 4) is 11.4 Å². The Morgan fingerprint density at radius 1 is 0.438 bits per heavy atom. The second kappa shape index (κ2) is 6.60. The fourth-order valence-electron chi connectivity index (χ4n) is 4.34. The van der Waals surface area contributed by atoms with Gasteiger partial charge in [0.25, 0.3) is 0 Å². The molecule has 150 valence electrons. The number of rotatable bonds is 2. The van der Waals surface area contributed by atoms with E-state index in [1.807, 2.05) is 0 Å². The van der Waals surface area contributed by atoms with Crippen LogP contribution in [-0.2, 0) is 0 Å². The molecule has 5 aromatic carbocycles. The number of hydrogen-bond donors (Lipinski definition) is 0. The van der Waals surface area contributed by atoms with E-state index in [1.165, 1.54) is 22.8 Å². The first-order valence-electron chi connectivity index (χ1n) is 16.4. The Hall–Kier alpha value is -4.30. The Morgan fingerprint density at radius 3 is 1.38 bits per heavy atom. The number of para-hydroxylation sites is 4. The maximum Gasteiger partial charge on any atom is 0.0645 e. The predicted octanol–water partition coefficient (Wildman–Crippen LogP) is 7.88. The Balaban J connectivity index is 1.65. The second-order valence-electron chi connectivity index (χ2n) is 7.31. The summed E-state index contributed by atoms with van der Waals surface area (Å²) in [5, 5.41) is 0.503. The molecule has 2 nitrogen and oxygen atoms in total. The third-order valence-corrected chi connectivity index (χ3v) is 5.63. The SMILES string of the molecule is [2H]c1cc2c(c([2H])c1[2H])c1c([2H])c([2H])c([2H])cc1n2-c1cccc(-n2c3cc([2H])c([2H])c([2H])c3c3c([2H])c([2H])c([2H])c([2H])c32)c1. The predicted molar refractivity (Wildman–Crippen MR) is 135 cm³/mol. The Kier molecular flexibility index (Phi) is 1.87. The number of hydrogen-bond acceptors (Lipinski definition) is 0. The summed E-state index contributed by atoms with van der Waals surface area (Å²) < 4.78 is 113. The van der Waals surface area contributed by atoms with Crippen molar-refractivity contribution in [2.45, 2.75) is 0 Å². The van der Waals surface area contributed by atoms with E-state index in [0.717, 1.165) is 0 Å². The van der Waals surface area contributed by atoms with Crippen LogP contribution in [0.5, 0.6) is 0 Å². The highest BCUT2D eigenvalue weighted by Crippen LogP contribution is 2.35. The van der Waals surface area contributed by atoms with Gasteiger partial charge in [-0.1, -0.05) is 78.6 Å². The van der Waals surface area contributed by atoms with Gasteiger partial charge in [-0.15, -0.1) is 0 Å². The highest BCUT2D eigenvalue weighted by molar-refractivity contribution is 6.10. The summed E-state index contributed by atoms with van der Waals surface area (Å²) >= 11 is 0. The molecule has 0 amide bonds. The molecular formula is C30H20N2. The molecule has 7 aromatic rings. The fourth-order valence-corrected chi connectivity index (χ4v) is 4.34. The first-order chi connectivity index (χ1) is 21.3. The molecule has 0 aliphatic carbocycles. The van der Waals surface area contributed by atoms with Crippen LogP contribution in [0.2, 0.25) is 0 Å². The molecule has 0 atom stereocenters. The van der Waals surface area contributed by atoms with E-state index in [2.05, 4.69) is 0 Å². The van der Waals surface area contributed by atoms with Crippen LogP contribution in [0.25, 0.3) is 55.0 Å². The van der Waals surface area contributed by atoms with E-state index in [-0.39, 0.29) is 99.0 Å². The van der Waals surface area contributed by atoms with Crippen molar-refractivity contribution in [2.24, 2.45) is 0 Å². The third-order valence-electron chi connectivity index (χ3n) is 5.63. The van der Waals surface area contributed by atoms with Crippen LogP contribution in [0.15, 0.2) is 121 Å². The first-order valence-corrected chi connectivity index (χ1v) is 9.90. The van der Waals surface area contributed by atoms with Crippen molar-refractivity contribution >= 4 is 43.6 Å². The van der Waals surface area contributed by atoms with Crippen molar-refractivity contribution < 1.29 is 17.8 Å². The highest BCUT2D eigenvalue weighted by atomic mass is 15.0. The summed E-state index contributed by atoms with van der Waals surface area (Å²) in [6.07, 6.45) is 0. The van der Waals surface area contributed by atoms with Gasteiger partial charge in [0.05, 0.1) is 39.9 Å². The lowest BCUT2D eigenvalue weighted by atomic mass is 10.2. The molecule has 2 heterocycles. The average molecular weight is 422 g/mol. The minimum absolute atomic E-state index is 0.0399. The van der Waals surface area contributed by atoms with Gasteiger partial charge in [-0.3, -0.25) is 0 Å². The Bertz CT molecular complexity index is 2400. The van der Waals surface area contributed by atoms with E-state index in [9.17, 15) is 0 Å². The zero-order valence-electron chi connectivity index (χ0n) is 29.4. The molecule has 0 aliphatic heterocycles. The van der Waals surface area contributed by atoms with Crippen LogP contribution in [-0.4, -0.2) is 9.13 Å². The van der Waals surface area contributed by atoms with Crippen molar-refractivity contribution in [2.75, 3.05) is 0 Å². The maximum absolute atomic E-state index is 8.78. The molecular weight excluding hydrogens is 388 g/mol. The smallest absolute Gasteiger partial charge is 0.0645 e. The largest absolute Gasteiger partial charge is 0.309 e. The number of benzene rings is 5. The zero-order valence-corrected chi connectivity index (χ0v) is 16.4. The summed E-state index contributed by atoms with van der Waals surface area (Å²) in [7, 11) is 0. The topological polar surface area (TPSA) is 9.86 Å². The van der Waals surface area contributed by atoms with Crippen molar-refractivity contribution in [1.29, 1.82) is 0 Å². The fraction of sp³-hybridized carbons (Fsp3) is 0. The summed E-state index contributed by atoms with van der Waals surface area (Å²) in [6, 6.07) is 6.34. The molecule has 0 saturated carbocycles. The van der Waals surface area contributed by atoms with Crippen molar-refractivity contribution in [3.63, 3.8) is 0 Å². The van der Waals surface area contributed by atoms with Crippen LogP contribution in [0.1, 0.15) is 17.8 Å². The second-order valence-corrected chi connectivity index (χ2v) is 7.31. The average Bonchev–Trinajstić information content (AvgIpc) is 3.52. The normalized spacial score (nSPS) is 17.4. The molecule has 0 spiro atoms. The van der Waals surface area contributed by atoms with Gasteiger partial charge in [0.15, 0.2) is 0 Å². The monoisotopic (exact) mass is 421 g/mol. The molecule has 0 aliphatic rings. The Labute approximate surface area is 203 Å². The minimum Gasteiger partial charge on any atom is -0.309 e. The van der Waals surface area contributed by atoms with Gasteiger partial charge >= 0.3 is 0 Å². The van der Waals surface area contributed by atoms with Gasteiger partial charge < -0.3 is 9.13 Å². The third kappa shape index (κ3) is 2.35. The van der Waals surface area contributed by atoms with Crippen LogP contribution in [0, 0.1) is 0 Å². The van der Waals surface area contributed by atoms with Gasteiger partial charge in [-0.2, -0.15) is 0 Å². The molecule has 0 N–H and O–H groups in total. The van der Waals surface area contributed by atoms with E-state index in [1.54, 1.807) is 28.8 Å². The van der Waals surface area contributed by atoms with Crippen molar-refractivity contribution in [3.05, 3.63) is 121 Å². The van der Waals surface area contributed by atoms with E-state index < -0.39 is 12.1 Å². The van der Waals surface area contributed by atoms with E-state index in [4.69, 9.17) is 17.8 Å². The van der Waals surface area contributed by atoms with Gasteiger partial charge in [-0.05, 0) is 42.4 Å². The molecule has 2 aromatic heterocycles. The van der Waals surface area contributed by atoms with Gasteiger partial charge in [-0.25, -0.2) is 0 Å². The summed E-state index contributed by atoms with van der Waals surface area (Å²) in [6.45, 7) is 0. The summed E-state index contributed by atoms with van der Waals surface area (Å²) in [4.78, 5) is 0. The zero-order chi connectivity index (χ0) is 32.4. The Morgan fingerprint density at radius 2 is 0.844 bits per heavy atom. The lowest BCUT2D eigenvalue weighted by molar-refractivity contribution is 1.13. The van der Waals surface area contributed by atoms with Crippen LogP contribution < -0.4 is 0 Å². The quantitative estimate of drug-likeness (QED) is 0.269. The van der Waals surface area contributed by atoms with Gasteiger partial charge in [0.1, 0.15) is 0 Å². The number of aromatic nitrogens is 2. The lowest BCUT2D eigenvalue weighted by Crippen LogP contribution is -1.98. The van der Waals surface area contributed by atoms with Gasteiger partial charge in [0.2, 0.25) is 0 Å². The molecule has 0 radical (unpaired) electrons. The highest BCUT2D eigenvalue weighted by Gasteiger charge is 2.14. The van der Waals surface area contributed by atoms with Crippen LogP contribution in [0.3, 0.4) is 0 Å². The molecule has 0 bridgehead atoms. The van der Waals surface area contributed by atoms with Gasteiger partial charge in [0, 0.05) is 32.9 Å². The molecule has 2 heteroatoms. The number of nitrogens with zero attached hydrogens (tertiary/aromatic N) is 2. The molecule has 7 rings (SSSR count). The lowest BCUT2D eigenvalue weighted by Gasteiger charge is -2.12. The summed E-state index contributed by atoms with van der Waals surface area (Å²) in [5.41, 5.74) is 1.67. The van der Waals surface area contributed by atoms with E-state index in [0.29, 0.717) is 22.4 Å². The molecule has 0 fully saturated rings. The maximum atomic E-state index is 8.78. The minimum atomic E-state index is -0.496.